The predicted molar refractivity (Wildman–Crippen MR) is 80.9 cm³/mol. The smallest absolute Gasteiger partial charge is 0.228 e. The van der Waals surface area contributed by atoms with Gasteiger partial charge in [-0.05, 0) is 38.3 Å². The maximum atomic E-state index is 12.6. The lowest BCUT2D eigenvalue weighted by Gasteiger charge is -2.29. The molecule has 0 saturated heterocycles. The van der Waals surface area contributed by atoms with Gasteiger partial charge in [-0.15, -0.1) is 0 Å². The van der Waals surface area contributed by atoms with Crippen molar-refractivity contribution >= 4 is 11.6 Å². The highest BCUT2D eigenvalue weighted by Crippen LogP contribution is 2.32. The van der Waals surface area contributed by atoms with Crippen molar-refractivity contribution in [3.63, 3.8) is 0 Å². The second kappa shape index (κ2) is 5.83. The van der Waals surface area contributed by atoms with E-state index < -0.39 is 0 Å². The van der Waals surface area contributed by atoms with Gasteiger partial charge in [0.25, 0.3) is 0 Å². The Kier molecular flexibility index (Phi) is 4.33. The zero-order valence-electron chi connectivity index (χ0n) is 12.4. The van der Waals surface area contributed by atoms with Crippen molar-refractivity contribution in [3.8, 4) is 5.75 Å². The number of rotatable bonds is 4. The number of aryl methyl sites for hydroxylation is 1. The maximum absolute atomic E-state index is 12.6. The van der Waals surface area contributed by atoms with E-state index in [9.17, 15) is 9.90 Å². The first kappa shape index (κ1) is 14.9. The largest absolute Gasteiger partial charge is 0.508 e. The Labute approximate surface area is 120 Å². The van der Waals surface area contributed by atoms with Gasteiger partial charge in [0.1, 0.15) is 5.75 Å². The van der Waals surface area contributed by atoms with Crippen LogP contribution >= 0.6 is 0 Å². The summed E-state index contributed by atoms with van der Waals surface area (Å²) in [5.41, 5.74) is 7.72. The van der Waals surface area contributed by atoms with Crippen molar-refractivity contribution in [1.82, 2.24) is 0 Å². The zero-order valence-corrected chi connectivity index (χ0v) is 12.4. The molecule has 0 aromatic heterocycles. The molecule has 1 aromatic carbocycles. The minimum atomic E-state index is -0.338. The van der Waals surface area contributed by atoms with Gasteiger partial charge in [0, 0.05) is 24.6 Å². The van der Waals surface area contributed by atoms with E-state index in [-0.39, 0.29) is 17.2 Å². The minimum absolute atomic E-state index is 0.0469. The molecule has 1 aromatic rings. The van der Waals surface area contributed by atoms with Crippen molar-refractivity contribution in [1.29, 1.82) is 0 Å². The lowest BCUT2D eigenvalue weighted by molar-refractivity contribution is -0.119. The summed E-state index contributed by atoms with van der Waals surface area (Å²) in [6, 6.07) is 5.11. The van der Waals surface area contributed by atoms with Crippen LogP contribution in [0.2, 0.25) is 0 Å². The zero-order chi connectivity index (χ0) is 14.8. The number of phenols is 1. The molecule has 1 aliphatic rings. The fourth-order valence-corrected chi connectivity index (χ4v) is 3.02. The van der Waals surface area contributed by atoms with E-state index in [1.807, 2.05) is 19.9 Å². The molecule has 1 amide bonds. The molecular formula is C16H24N2O2. The van der Waals surface area contributed by atoms with Crippen LogP contribution in [0.4, 0.5) is 5.69 Å². The summed E-state index contributed by atoms with van der Waals surface area (Å²) in [6.45, 7) is 4.47. The fraction of sp³-hybridized carbons (Fsp3) is 0.562. The fourth-order valence-electron chi connectivity index (χ4n) is 3.02. The lowest BCUT2D eigenvalue weighted by atomic mass is 9.94. The van der Waals surface area contributed by atoms with Crippen LogP contribution in [0.5, 0.6) is 5.75 Å². The van der Waals surface area contributed by atoms with Gasteiger partial charge >= 0.3 is 0 Å². The third-order valence-electron chi connectivity index (χ3n) is 4.20. The summed E-state index contributed by atoms with van der Waals surface area (Å²) < 4.78 is 0. The SMILES string of the molecule is CCN(C(=O)CC1(N)CCCC1)c1cc(O)ccc1C. The molecule has 1 aliphatic carbocycles. The Morgan fingerprint density at radius 1 is 1.40 bits per heavy atom. The Hall–Kier alpha value is -1.55. The first-order valence-corrected chi connectivity index (χ1v) is 7.34. The molecule has 3 N–H and O–H groups in total. The van der Waals surface area contributed by atoms with Crippen LogP contribution in [0.1, 0.15) is 44.6 Å². The number of carbonyl (C=O) groups excluding carboxylic acids is 1. The highest BCUT2D eigenvalue weighted by Gasteiger charge is 2.33. The van der Waals surface area contributed by atoms with Crippen molar-refractivity contribution in [3.05, 3.63) is 23.8 Å². The number of hydrogen-bond donors (Lipinski definition) is 2. The summed E-state index contributed by atoms with van der Waals surface area (Å²) in [4.78, 5) is 14.3. The van der Waals surface area contributed by atoms with E-state index in [2.05, 4.69) is 0 Å². The second-order valence-electron chi connectivity index (χ2n) is 5.86. The number of benzene rings is 1. The number of hydrogen-bond acceptors (Lipinski definition) is 3. The Morgan fingerprint density at radius 2 is 2.05 bits per heavy atom. The number of anilines is 1. The first-order valence-electron chi connectivity index (χ1n) is 7.34. The van der Waals surface area contributed by atoms with E-state index in [1.165, 1.54) is 0 Å². The molecule has 2 rings (SSSR count). The lowest BCUT2D eigenvalue weighted by Crippen LogP contribution is -2.44. The van der Waals surface area contributed by atoms with E-state index in [4.69, 9.17) is 5.73 Å². The monoisotopic (exact) mass is 276 g/mol. The summed E-state index contributed by atoms with van der Waals surface area (Å²) in [5.74, 6) is 0.228. The topological polar surface area (TPSA) is 66.6 Å². The van der Waals surface area contributed by atoms with Crippen molar-refractivity contribution in [2.24, 2.45) is 5.73 Å². The number of nitrogens with zero attached hydrogens (tertiary/aromatic N) is 1. The molecule has 0 unspecified atom stereocenters. The van der Waals surface area contributed by atoms with Gasteiger partial charge < -0.3 is 15.7 Å². The van der Waals surface area contributed by atoms with Gasteiger partial charge in [0.2, 0.25) is 5.91 Å². The Balaban J connectivity index is 2.19. The average Bonchev–Trinajstić information content (AvgIpc) is 2.81. The summed E-state index contributed by atoms with van der Waals surface area (Å²) in [6.07, 6.45) is 4.46. The Bertz CT molecular complexity index is 493. The van der Waals surface area contributed by atoms with Gasteiger partial charge in [-0.3, -0.25) is 4.79 Å². The van der Waals surface area contributed by atoms with E-state index in [1.54, 1.807) is 17.0 Å². The van der Waals surface area contributed by atoms with Gasteiger partial charge in [0.15, 0.2) is 0 Å². The molecule has 0 spiro atoms. The van der Waals surface area contributed by atoms with E-state index in [0.717, 1.165) is 36.9 Å². The minimum Gasteiger partial charge on any atom is -0.508 e. The highest BCUT2D eigenvalue weighted by atomic mass is 16.3. The molecule has 0 radical (unpaired) electrons. The number of carbonyl (C=O) groups is 1. The molecule has 0 aliphatic heterocycles. The number of amides is 1. The molecule has 0 bridgehead atoms. The Morgan fingerprint density at radius 3 is 2.65 bits per heavy atom. The standard InChI is InChI=1S/C16H24N2O2/c1-3-18(14-10-13(19)7-6-12(14)2)15(20)11-16(17)8-4-5-9-16/h6-7,10,19H,3-5,8-9,11,17H2,1-2H3. The molecule has 20 heavy (non-hydrogen) atoms. The third kappa shape index (κ3) is 3.12. The third-order valence-corrected chi connectivity index (χ3v) is 4.20. The molecule has 0 atom stereocenters. The predicted octanol–water partition coefficient (Wildman–Crippen LogP) is 2.72. The average molecular weight is 276 g/mol. The van der Waals surface area contributed by atoms with Gasteiger partial charge in [0.05, 0.1) is 5.69 Å². The summed E-state index contributed by atoms with van der Waals surface area (Å²) >= 11 is 0. The van der Waals surface area contributed by atoms with Crippen LogP contribution in [0.3, 0.4) is 0 Å². The highest BCUT2D eigenvalue weighted by molar-refractivity contribution is 5.95. The normalized spacial score (nSPS) is 17.1. The first-order chi connectivity index (χ1) is 9.45. The molecule has 110 valence electrons. The van der Waals surface area contributed by atoms with Crippen LogP contribution in [-0.2, 0) is 4.79 Å². The maximum Gasteiger partial charge on any atom is 0.228 e. The van der Waals surface area contributed by atoms with Crippen molar-refractivity contribution in [2.75, 3.05) is 11.4 Å². The van der Waals surface area contributed by atoms with Gasteiger partial charge in [-0.2, -0.15) is 0 Å². The van der Waals surface area contributed by atoms with E-state index in [0.29, 0.717) is 13.0 Å². The van der Waals surface area contributed by atoms with Crippen LogP contribution in [0.25, 0.3) is 0 Å². The van der Waals surface area contributed by atoms with Gasteiger partial charge in [-0.1, -0.05) is 18.9 Å². The van der Waals surface area contributed by atoms with Crippen molar-refractivity contribution in [2.45, 2.75) is 51.5 Å². The molecular weight excluding hydrogens is 252 g/mol. The summed E-state index contributed by atoms with van der Waals surface area (Å²) in [5, 5.41) is 9.64. The van der Waals surface area contributed by atoms with Crippen LogP contribution < -0.4 is 10.6 Å². The van der Waals surface area contributed by atoms with Crippen LogP contribution in [-0.4, -0.2) is 23.1 Å². The van der Waals surface area contributed by atoms with E-state index >= 15 is 0 Å². The number of nitrogens with two attached hydrogens (primary N) is 1. The molecule has 0 heterocycles. The molecule has 4 nitrogen and oxygen atoms in total. The quantitative estimate of drug-likeness (QED) is 0.888. The molecule has 1 fully saturated rings. The second-order valence-corrected chi connectivity index (χ2v) is 5.86. The van der Waals surface area contributed by atoms with Crippen molar-refractivity contribution < 1.29 is 9.90 Å². The van der Waals surface area contributed by atoms with Crippen LogP contribution in [0.15, 0.2) is 18.2 Å². The number of phenolic OH excluding ortho intramolecular Hbond substituents is 1. The van der Waals surface area contributed by atoms with Crippen LogP contribution in [0, 0.1) is 6.92 Å². The summed E-state index contributed by atoms with van der Waals surface area (Å²) in [7, 11) is 0. The van der Waals surface area contributed by atoms with Gasteiger partial charge in [-0.25, -0.2) is 0 Å². The molecule has 1 saturated carbocycles. The number of aromatic hydroxyl groups is 1. The molecule has 4 heteroatoms.